The van der Waals surface area contributed by atoms with Crippen LogP contribution in [-0.2, 0) is 0 Å². The predicted molar refractivity (Wildman–Crippen MR) is 77.3 cm³/mol. The molecule has 1 heterocycles. The average molecular weight is 264 g/mol. The molecule has 1 aliphatic rings. The molecule has 1 fully saturated rings. The molecule has 1 aromatic heterocycles. The second-order valence-electron chi connectivity index (χ2n) is 5.18. The molecule has 0 amide bonds. The minimum absolute atomic E-state index is 0.284. The van der Waals surface area contributed by atoms with Crippen molar-refractivity contribution in [3.8, 4) is 5.75 Å². The number of anilines is 2. The number of hydrogen-bond donors (Lipinski definition) is 2. The minimum Gasteiger partial charge on any atom is -0.488 e. The first kappa shape index (κ1) is 13.9. The van der Waals surface area contributed by atoms with Crippen LogP contribution in [0.1, 0.15) is 45.4 Å². The van der Waals surface area contributed by atoms with Crippen LogP contribution in [0, 0.1) is 5.92 Å². The van der Waals surface area contributed by atoms with Gasteiger partial charge in [-0.3, -0.25) is 0 Å². The van der Waals surface area contributed by atoms with Crippen LogP contribution in [0.5, 0.6) is 5.75 Å². The molecule has 0 bridgehead atoms. The van der Waals surface area contributed by atoms with Gasteiger partial charge in [0.2, 0.25) is 5.95 Å². The molecule has 5 heteroatoms. The Hall–Kier alpha value is -1.52. The van der Waals surface area contributed by atoms with Crippen LogP contribution >= 0.6 is 0 Å². The minimum atomic E-state index is 0.284. The Morgan fingerprint density at radius 3 is 2.95 bits per heavy atom. The summed E-state index contributed by atoms with van der Waals surface area (Å²) in [4.78, 5) is 8.24. The van der Waals surface area contributed by atoms with Crippen LogP contribution in [-0.4, -0.2) is 23.1 Å². The van der Waals surface area contributed by atoms with E-state index in [0.29, 0.717) is 5.92 Å². The standard InChI is InChI=1S/C14H24N4O/c1-2-3-8-16-13-12(9-17-14(15)18-13)19-10-11-6-4-5-7-11/h9,11H,2-8,10H2,1H3,(H3,15,16,17,18). The summed E-state index contributed by atoms with van der Waals surface area (Å²) in [6, 6.07) is 0. The number of unbranched alkanes of at least 4 members (excludes halogenated alkanes) is 1. The molecule has 106 valence electrons. The van der Waals surface area contributed by atoms with Crippen molar-refractivity contribution in [2.75, 3.05) is 24.2 Å². The molecular formula is C14H24N4O. The fourth-order valence-electron chi connectivity index (χ4n) is 2.38. The quantitative estimate of drug-likeness (QED) is 0.741. The molecule has 1 aromatic rings. The fourth-order valence-corrected chi connectivity index (χ4v) is 2.38. The number of hydrogen-bond acceptors (Lipinski definition) is 5. The Morgan fingerprint density at radius 1 is 1.42 bits per heavy atom. The van der Waals surface area contributed by atoms with Crippen molar-refractivity contribution in [2.45, 2.75) is 45.4 Å². The monoisotopic (exact) mass is 264 g/mol. The lowest BCUT2D eigenvalue weighted by Crippen LogP contribution is -2.12. The molecule has 1 aliphatic carbocycles. The first-order valence-corrected chi connectivity index (χ1v) is 7.28. The van der Waals surface area contributed by atoms with Crippen LogP contribution < -0.4 is 15.8 Å². The van der Waals surface area contributed by atoms with Gasteiger partial charge in [0.25, 0.3) is 0 Å². The Kier molecular flexibility index (Phi) is 5.24. The van der Waals surface area contributed by atoms with Crippen molar-refractivity contribution < 1.29 is 4.74 Å². The van der Waals surface area contributed by atoms with Crippen LogP contribution in [0.3, 0.4) is 0 Å². The molecule has 19 heavy (non-hydrogen) atoms. The number of nitrogens with two attached hydrogens (primary N) is 1. The van der Waals surface area contributed by atoms with Gasteiger partial charge in [-0.2, -0.15) is 4.98 Å². The summed E-state index contributed by atoms with van der Waals surface area (Å²) in [5.74, 6) is 2.41. The molecular weight excluding hydrogens is 240 g/mol. The summed E-state index contributed by atoms with van der Waals surface area (Å²) in [6.07, 6.45) is 9.12. The van der Waals surface area contributed by atoms with E-state index < -0.39 is 0 Å². The topological polar surface area (TPSA) is 73.1 Å². The van der Waals surface area contributed by atoms with Crippen LogP contribution in [0.2, 0.25) is 0 Å². The van der Waals surface area contributed by atoms with Gasteiger partial charge in [-0.05, 0) is 25.2 Å². The second kappa shape index (κ2) is 7.16. The molecule has 0 aromatic carbocycles. The summed E-state index contributed by atoms with van der Waals surface area (Å²) in [7, 11) is 0. The molecule has 5 nitrogen and oxygen atoms in total. The van der Waals surface area contributed by atoms with Crippen molar-refractivity contribution in [3.63, 3.8) is 0 Å². The Labute approximate surface area is 115 Å². The first-order valence-electron chi connectivity index (χ1n) is 7.28. The number of ether oxygens (including phenoxy) is 1. The van der Waals surface area contributed by atoms with Gasteiger partial charge in [0.15, 0.2) is 11.6 Å². The highest BCUT2D eigenvalue weighted by atomic mass is 16.5. The fraction of sp³-hybridized carbons (Fsp3) is 0.714. The van der Waals surface area contributed by atoms with E-state index in [-0.39, 0.29) is 5.95 Å². The maximum atomic E-state index is 5.86. The second-order valence-corrected chi connectivity index (χ2v) is 5.18. The average Bonchev–Trinajstić information content (AvgIpc) is 2.91. The smallest absolute Gasteiger partial charge is 0.222 e. The highest BCUT2D eigenvalue weighted by Crippen LogP contribution is 2.27. The van der Waals surface area contributed by atoms with E-state index in [1.54, 1.807) is 6.20 Å². The SMILES string of the molecule is CCCCNc1nc(N)ncc1OCC1CCCC1. The molecule has 0 aliphatic heterocycles. The zero-order valence-corrected chi connectivity index (χ0v) is 11.7. The Morgan fingerprint density at radius 2 is 2.21 bits per heavy atom. The van der Waals surface area contributed by atoms with E-state index >= 15 is 0 Å². The zero-order chi connectivity index (χ0) is 13.5. The lowest BCUT2D eigenvalue weighted by atomic mass is 10.1. The summed E-state index contributed by atoms with van der Waals surface area (Å²) >= 11 is 0. The van der Waals surface area contributed by atoms with Gasteiger partial charge in [0.05, 0.1) is 12.8 Å². The molecule has 1 saturated carbocycles. The van der Waals surface area contributed by atoms with Gasteiger partial charge in [-0.15, -0.1) is 0 Å². The maximum Gasteiger partial charge on any atom is 0.222 e. The van der Waals surface area contributed by atoms with Gasteiger partial charge in [-0.1, -0.05) is 26.2 Å². The Balaban J connectivity index is 1.92. The number of nitrogens with zero attached hydrogens (tertiary/aromatic N) is 2. The summed E-state index contributed by atoms with van der Waals surface area (Å²) in [6.45, 7) is 3.80. The molecule has 0 unspecified atom stereocenters. The third-order valence-corrected chi connectivity index (χ3v) is 3.55. The van der Waals surface area contributed by atoms with Gasteiger partial charge in [0.1, 0.15) is 0 Å². The molecule has 0 spiro atoms. The summed E-state index contributed by atoms with van der Waals surface area (Å²) in [5.41, 5.74) is 5.63. The lowest BCUT2D eigenvalue weighted by Gasteiger charge is -2.14. The third kappa shape index (κ3) is 4.26. The van der Waals surface area contributed by atoms with Gasteiger partial charge in [-0.25, -0.2) is 4.98 Å². The predicted octanol–water partition coefficient (Wildman–Crippen LogP) is 2.84. The molecule has 0 saturated heterocycles. The van der Waals surface area contributed by atoms with Crippen molar-refractivity contribution in [2.24, 2.45) is 5.92 Å². The van der Waals surface area contributed by atoms with E-state index in [4.69, 9.17) is 10.5 Å². The van der Waals surface area contributed by atoms with Gasteiger partial charge in [0, 0.05) is 6.54 Å². The summed E-state index contributed by atoms with van der Waals surface area (Å²) in [5, 5.41) is 3.27. The highest BCUT2D eigenvalue weighted by molar-refractivity contribution is 5.51. The van der Waals surface area contributed by atoms with E-state index in [0.717, 1.165) is 37.6 Å². The highest BCUT2D eigenvalue weighted by Gasteiger charge is 2.16. The van der Waals surface area contributed by atoms with Crippen LogP contribution in [0.25, 0.3) is 0 Å². The van der Waals surface area contributed by atoms with E-state index in [2.05, 4.69) is 22.2 Å². The summed E-state index contributed by atoms with van der Waals surface area (Å²) < 4.78 is 5.86. The van der Waals surface area contributed by atoms with Crippen molar-refractivity contribution in [3.05, 3.63) is 6.20 Å². The number of rotatable bonds is 7. The Bertz CT molecular complexity index is 391. The molecule has 0 atom stereocenters. The van der Waals surface area contributed by atoms with Gasteiger partial charge < -0.3 is 15.8 Å². The largest absolute Gasteiger partial charge is 0.488 e. The first-order chi connectivity index (χ1) is 9.29. The van der Waals surface area contributed by atoms with Gasteiger partial charge >= 0.3 is 0 Å². The van der Waals surface area contributed by atoms with Crippen molar-refractivity contribution in [1.29, 1.82) is 0 Å². The zero-order valence-electron chi connectivity index (χ0n) is 11.7. The van der Waals surface area contributed by atoms with Crippen LogP contribution in [0.15, 0.2) is 6.20 Å². The number of nitrogen functional groups attached to an aromatic ring is 1. The lowest BCUT2D eigenvalue weighted by molar-refractivity contribution is 0.251. The molecule has 0 radical (unpaired) electrons. The van der Waals surface area contributed by atoms with E-state index in [1.165, 1.54) is 25.7 Å². The normalized spacial score (nSPS) is 15.6. The van der Waals surface area contributed by atoms with Crippen molar-refractivity contribution in [1.82, 2.24) is 9.97 Å². The van der Waals surface area contributed by atoms with Crippen LogP contribution in [0.4, 0.5) is 11.8 Å². The third-order valence-electron chi connectivity index (χ3n) is 3.55. The molecule has 2 rings (SSSR count). The maximum absolute atomic E-state index is 5.86. The van der Waals surface area contributed by atoms with E-state index in [1.807, 2.05) is 0 Å². The van der Waals surface area contributed by atoms with E-state index in [9.17, 15) is 0 Å². The van der Waals surface area contributed by atoms with Crippen molar-refractivity contribution >= 4 is 11.8 Å². The number of aromatic nitrogens is 2. The number of nitrogens with one attached hydrogen (secondary N) is 1. The molecule has 3 N–H and O–H groups in total.